The molecule has 0 atom stereocenters. The van der Waals surface area contributed by atoms with Gasteiger partial charge in [-0.15, -0.1) is 0 Å². The van der Waals surface area contributed by atoms with Crippen molar-refractivity contribution in [3.63, 3.8) is 0 Å². The minimum atomic E-state index is -0.0968. The van der Waals surface area contributed by atoms with Crippen LogP contribution in [0, 0.1) is 0 Å². The van der Waals surface area contributed by atoms with Gasteiger partial charge < -0.3 is 25.3 Å². The second-order valence-electron chi connectivity index (χ2n) is 6.77. The van der Waals surface area contributed by atoms with Crippen LogP contribution in [0.15, 0.2) is 24.7 Å². The summed E-state index contributed by atoms with van der Waals surface area (Å²) in [4.78, 5) is 21.3. The molecule has 3 N–H and O–H groups in total. The Bertz CT molecular complexity index is 779. The number of amides is 1. The number of rotatable bonds is 4. The molecule has 0 bridgehead atoms. The molecule has 0 unspecified atom stereocenters. The SMILES string of the molecule is CNc1ccc(NC(=O)Cn2cnc3c2CCNC32CCOCC2)cn1. The van der Waals surface area contributed by atoms with Crippen molar-refractivity contribution in [1.29, 1.82) is 0 Å². The minimum Gasteiger partial charge on any atom is -0.381 e. The lowest BCUT2D eigenvalue weighted by atomic mass is 9.82. The van der Waals surface area contributed by atoms with Gasteiger partial charge in [0.2, 0.25) is 5.91 Å². The van der Waals surface area contributed by atoms with Crippen LogP contribution in [0.4, 0.5) is 11.5 Å². The highest BCUT2D eigenvalue weighted by atomic mass is 16.5. The van der Waals surface area contributed by atoms with E-state index in [1.807, 2.05) is 23.7 Å². The highest BCUT2D eigenvalue weighted by molar-refractivity contribution is 5.90. The molecule has 138 valence electrons. The molecule has 4 rings (SSSR count). The van der Waals surface area contributed by atoms with Crippen molar-refractivity contribution >= 4 is 17.4 Å². The molecule has 0 radical (unpaired) electrons. The highest BCUT2D eigenvalue weighted by Gasteiger charge is 2.40. The third-order valence-electron chi connectivity index (χ3n) is 5.19. The van der Waals surface area contributed by atoms with Gasteiger partial charge in [0.15, 0.2) is 0 Å². The van der Waals surface area contributed by atoms with Gasteiger partial charge in [-0.25, -0.2) is 9.97 Å². The quantitative estimate of drug-likeness (QED) is 0.760. The van der Waals surface area contributed by atoms with Crippen molar-refractivity contribution in [1.82, 2.24) is 19.9 Å². The van der Waals surface area contributed by atoms with E-state index < -0.39 is 0 Å². The van der Waals surface area contributed by atoms with Crippen LogP contribution in [0.2, 0.25) is 0 Å². The molecular weight excluding hydrogens is 332 g/mol. The van der Waals surface area contributed by atoms with Crippen molar-refractivity contribution in [3.05, 3.63) is 36.0 Å². The van der Waals surface area contributed by atoms with Crippen LogP contribution >= 0.6 is 0 Å². The van der Waals surface area contributed by atoms with E-state index in [1.165, 1.54) is 0 Å². The van der Waals surface area contributed by atoms with E-state index in [4.69, 9.17) is 4.74 Å². The van der Waals surface area contributed by atoms with E-state index in [2.05, 4.69) is 25.9 Å². The van der Waals surface area contributed by atoms with Crippen LogP contribution in [0.5, 0.6) is 0 Å². The Labute approximate surface area is 152 Å². The number of aromatic nitrogens is 3. The Kier molecular flexibility index (Phi) is 4.60. The molecule has 0 aliphatic carbocycles. The average molecular weight is 356 g/mol. The Balaban J connectivity index is 1.48. The molecule has 8 nitrogen and oxygen atoms in total. The maximum absolute atomic E-state index is 12.4. The van der Waals surface area contributed by atoms with Crippen LogP contribution in [-0.4, -0.2) is 47.2 Å². The normalized spacial score (nSPS) is 18.3. The second-order valence-corrected chi connectivity index (χ2v) is 6.77. The number of ether oxygens (including phenoxy) is 1. The van der Waals surface area contributed by atoms with Gasteiger partial charge >= 0.3 is 0 Å². The maximum atomic E-state index is 12.4. The van der Waals surface area contributed by atoms with E-state index in [0.717, 1.165) is 56.2 Å². The van der Waals surface area contributed by atoms with Crippen LogP contribution in [0.3, 0.4) is 0 Å². The molecule has 0 aromatic carbocycles. The number of nitrogens with zero attached hydrogens (tertiary/aromatic N) is 3. The third-order valence-corrected chi connectivity index (χ3v) is 5.19. The molecule has 1 saturated heterocycles. The molecule has 8 heteroatoms. The molecule has 26 heavy (non-hydrogen) atoms. The van der Waals surface area contributed by atoms with Crippen molar-refractivity contribution in [2.24, 2.45) is 0 Å². The Hall–Kier alpha value is -2.45. The summed E-state index contributed by atoms with van der Waals surface area (Å²) in [6.45, 7) is 2.64. The smallest absolute Gasteiger partial charge is 0.244 e. The van der Waals surface area contributed by atoms with E-state index >= 15 is 0 Å². The zero-order valence-corrected chi connectivity index (χ0v) is 14.9. The lowest BCUT2D eigenvalue weighted by Crippen LogP contribution is -2.51. The Morgan fingerprint density at radius 2 is 2.19 bits per heavy atom. The van der Waals surface area contributed by atoms with Gasteiger partial charge in [0.25, 0.3) is 0 Å². The van der Waals surface area contributed by atoms with Crippen molar-refractivity contribution in [2.75, 3.05) is 37.4 Å². The Morgan fingerprint density at radius 1 is 1.35 bits per heavy atom. The van der Waals surface area contributed by atoms with Gasteiger partial charge in [0, 0.05) is 38.9 Å². The average Bonchev–Trinajstić information content (AvgIpc) is 3.07. The van der Waals surface area contributed by atoms with E-state index in [9.17, 15) is 4.79 Å². The van der Waals surface area contributed by atoms with Gasteiger partial charge in [-0.3, -0.25) is 4.79 Å². The summed E-state index contributed by atoms with van der Waals surface area (Å²) < 4.78 is 7.49. The van der Waals surface area contributed by atoms with E-state index in [-0.39, 0.29) is 18.0 Å². The molecule has 2 aromatic heterocycles. The van der Waals surface area contributed by atoms with E-state index in [0.29, 0.717) is 5.69 Å². The first kappa shape index (κ1) is 17.0. The van der Waals surface area contributed by atoms with Gasteiger partial charge in [-0.05, 0) is 25.0 Å². The number of anilines is 2. The van der Waals surface area contributed by atoms with Crippen molar-refractivity contribution in [2.45, 2.75) is 31.3 Å². The summed E-state index contributed by atoms with van der Waals surface area (Å²) in [6, 6.07) is 3.66. The number of hydrogen-bond donors (Lipinski definition) is 3. The first-order chi connectivity index (χ1) is 12.7. The predicted molar refractivity (Wildman–Crippen MR) is 98.1 cm³/mol. The fourth-order valence-electron chi connectivity index (χ4n) is 3.81. The summed E-state index contributed by atoms with van der Waals surface area (Å²) in [6.07, 6.45) is 6.16. The van der Waals surface area contributed by atoms with Gasteiger partial charge in [-0.2, -0.15) is 0 Å². The summed E-state index contributed by atoms with van der Waals surface area (Å²) in [5, 5.41) is 9.49. The molecular formula is C18H24N6O2. The number of imidazole rings is 1. The summed E-state index contributed by atoms with van der Waals surface area (Å²) in [5.41, 5.74) is 2.83. The maximum Gasteiger partial charge on any atom is 0.244 e. The number of carbonyl (C=O) groups is 1. The third kappa shape index (κ3) is 3.17. The lowest BCUT2D eigenvalue weighted by molar-refractivity contribution is -0.116. The van der Waals surface area contributed by atoms with Crippen LogP contribution < -0.4 is 16.0 Å². The summed E-state index contributed by atoms with van der Waals surface area (Å²) in [5.74, 6) is 0.685. The van der Waals surface area contributed by atoms with Gasteiger partial charge in [0.1, 0.15) is 12.4 Å². The minimum absolute atomic E-state index is 0.0798. The second kappa shape index (κ2) is 7.05. The number of pyridine rings is 1. The Morgan fingerprint density at radius 3 is 2.92 bits per heavy atom. The van der Waals surface area contributed by atoms with Crippen LogP contribution in [-0.2, 0) is 28.0 Å². The molecule has 4 heterocycles. The number of hydrogen-bond acceptors (Lipinski definition) is 6. The van der Waals surface area contributed by atoms with Crippen LogP contribution in [0.1, 0.15) is 24.2 Å². The first-order valence-corrected chi connectivity index (χ1v) is 9.01. The number of carbonyl (C=O) groups excluding carboxylic acids is 1. The fraction of sp³-hybridized carbons (Fsp3) is 0.500. The molecule has 2 aliphatic heterocycles. The molecule has 0 saturated carbocycles. The zero-order chi connectivity index (χ0) is 18.0. The number of fused-ring (bicyclic) bond motifs is 2. The van der Waals surface area contributed by atoms with Gasteiger partial charge in [0.05, 0.1) is 29.4 Å². The number of nitrogens with one attached hydrogen (secondary N) is 3. The van der Waals surface area contributed by atoms with Crippen molar-refractivity contribution in [3.8, 4) is 0 Å². The van der Waals surface area contributed by atoms with Crippen molar-refractivity contribution < 1.29 is 9.53 Å². The monoisotopic (exact) mass is 356 g/mol. The molecule has 2 aromatic rings. The molecule has 1 fully saturated rings. The topological polar surface area (TPSA) is 93.1 Å². The van der Waals surface area contributed by atoms with Gasteiger partial charge in [-0.1, -0.05) is 0 Å². The van der Waals surface area contributed by atoms with Crippen LogP contribution in [0.25, 0.3) is 0 Å². The lowest BCUT2D eigenvalue weighted by Gasteiger charge is -2.40. The highest BCUT2D eigenvalue weighted by Crippen LogP contribution is 2.35. The fourth-order valence-corrected chi connectivity index (χ4v) is 3.81. The summed E-state index contributed by atoms with van der Waals surface area (Å²) in [7, 11) is 1.81. The largest absolute Gasteiger partial charge is 0.381 e. The standard InChI is InChI=1S/C18H24N6O2/c1-19-15-3-2-13(10-20-15)23-16(25)11-24-12-21-17-14(24)4-7-22-18(17)5-8-26-9-6-18/h2-3,10,12,22H,4-9,11H2,1H3,(H,19,20)(H,23,25). The zero-order valence-electron chi connectivity index (χ0n) is 14.9. The molecule has 1 spiro atoms. The molecule has 2 aliphatic rings. The summed E-state index contributed by atoms with van der Waals surface area (Å²) >= 11 is 0. The molecule has 1 amide bonds. The predicted octanol–water partition coefficient (Wildman–Crippen LogP) is 1.11. The van der Waals surface area contributed by atoms with E-state index in [1.54, 1.807) is 12.5 Å². The first-order valence-electron chi connectivity index (χ1n) is 9.01.